The van der Waals surface area contributed by atoms with Gasteiger partial charge in [0.05, 0.1) is 5.56 Å². The topological polar surface area (TPSA) is 54.0 Å². The molecular weight excluding hydrogens is 250 g/mol. The van der Waals surface area contributed by atoms with E-state index in [0.29, 0.717) is 12.1 Å². The second kappa shape index (κ2) is 8.07. The van der Waals surface area contributed by atoms with Gasteiger partial charge in [-0.05, 0) is 30.7 Å². The van der Waals surface area contributed by atoms with Crippen LogP contribution in [0.4, 0.5) is 0 Å². The largest absolute Gasteiger partial charge is 0.352 e. The Bertz CT molecular complexity index is 514. The summed E-state index contributed by atoms with van der Waals surface area (Å²) in [6.07, 6.45) is 4.13. The molecule has 0 aliphatic rings. The standard InChI is InChI=1S/C16H19N3O/c20-16(15-8-4-9-18-13-15)19-11-5-10-17-12-14-6-2-1-3-7-14/h1-4,6-9,13,17H,5,10-12H2,(H,19,20). The van der Waals surface area contributed by atoms with Gasteiger partial charge >= 0.3 is 0 Å². The lowest BCUT2D eigenvalue weighted by Gasteiger charge is -2.06. The average molecular weight is 269 g/mol. The van der Waals surface area contributed by atoms with Gasteiger partial charge in [-0.1, -0.05) is 30.3 Å². The molecule has 0 aliphatic carbocycles. The van der Waals surface area contributed by atoms with Crippen LogP contribution in [0.15, 0.2) is 54.9 Å². The fourth-order valence-corrected chi connectivity index (χ4v) is 1.84. The Morgan fingerprint density at radius 3 is 2.65 bits per heavy atom. The first kappa shape index (κ1) is 14.2. The number of nitrogens with one attached hydrogen (secondary N) is 2. The molecule has 1 aromatic carbocycles. The van der Waals surface area contributed by atoms with E-state index in [1.54, 1.807) is 24.5 Å². The van der Waals surface area contributed by atoms with Crippen molar-refractivity contribution < 1.29 is 4.79 Å². The van der Waals surface area contributed by atoms with E-state index in [0.717, 1.165) is 19.5 Å². The monoisotopic (exact) mass is 269 g/mol. The lowest BCUT2D eigenvalue weighted by atomic mass is 10.2. The van der Waals surface area contributed by atoms with Crippen molar-refractivity contribution in [2.24, 2.45) is 0 Å². The highest BCUT2D eigenvalue weighted by Crippen LogP contribution is 1.97. The molecule has 104 valence electrons. The van der Waals surface area contributed by atoms with Crippen LogP contribution in [0.25, 0.3) is 0 Å². The fourth-order valence-electron chi connectivity index (χ4n) is 1.84. The molecule has 2 aromatic rings. The van der Waals surface area contributed by atoms with Gasteiger partial charge < -0.3 is 10.6 Å². The molecule has 0 aliphatic heterocycles. The van der Waals surface area contributed by atoms with Gasteiger partial charge in [0.25, 0.3) is 5.91 Å². The smallest absolute Gasteiger partial charge is 0.252 e. The molecule has 0 fully saturated rings. The van der Waals surface area contributed by atoms with Gasteiger partial charge in [-0.25, -0.2) is 0 Å². The average Bonchev–Trinajstić information content (AvgIpc) is 2.52. The highest BCUT2D eigenvalue weighted by molar-refractivity contribution is 5.93. The minimum atomic E-state index is -0.0684. The number of amides is 1. The molecule has 2 rings (SSSR count). The molecule has 0 atom stereocenters. The highest BCUT2D eigenvalue weighted by atomic mass is 16.1. The Labute approximate surface area is 119 Å². The van der Waals surface area contributed by atoms with Crippen LogP contribution in [-0.4, -0.2) is 24.0 Å². The summed E-state index contributed by atoms with van der Waals surface area (Å²) in [5.74, 6) is -0.0684. The summed E-state index contributed by atoms with van der Waals surface area (Å²) in [5, 5.41) is 6.23. The Morgan fingerprint density at radius 1 is 1.05 bits per heavy atom. The number of rotatable bonds is 7. The maximum atomic E-state index is 11.7. The lowest BCUT2D eigenvalue weighted by Crippen LogP contribution is -2.27. The Morgan fingerprint density at radius 2 is 1.90 bits per heavy atom. The molecule has 0 bridgehead atoms. The zero-order valence-corrected chi connectivity index (χ0v) is 11.4. The van der Waals surface area contributed by atoms with Crippen molar-refractivity contribution in [2.75, 3.05) is 13.1 Å². The second-order valence-corrected chi connectivity index (χ2v) is 4.51. The fraction of sp³-hybridized carbons (Fsp3) is 0.250. The predicted molar refractivity (Wildman–Crippen MR) is 79.3 cm³/mol. The molecule has 0 radical (unpaired) electrons. The quantitative estimate of drug-likeness (QED) is 0.756. The summed E-state index contributed by atoms with van der Waals surface area (Å²) < 4.78 is 0. The minimum Gasteiger partial charge on any atom is -0.352 e. The van der Waals surface area contributed by atoms with Crippen LogP contribution in [0.2, 0.25) is 0 Å². The van der Waals surface area contributed by atoms with E-state index in [9.17, 15) is 4.79 Å². The molecule has 4 nitrogen and oxygen atoms in total. The first-order valence-electron chi connectivity index (χ1n) is 6.79. The Hall–Kier alpha value is -2.20. The van der Waals surface area contributed by atoms with Gasteiger partial charge in [-0.2, -0.15) is 0 Å². The highest BCUT2D eigenvalue weighted by Gasteiger charge is 2.03. The summed E-state index contributed by atoms with van der Waals surface area (Å²) in [5.41, 5.74) is 1.87. The third kappa shape index (κ3) is 4.82. The number of aromatic nitrogens is 1. The van der Waals surface area contributed by atoms with E-state index >= 15 is 0 Å². The normalized spacial score (nSPS) is 10.2. The molecular formula is C16H19N3O. The molecule has 0 saturated heterocycles. The van der Waals surface area contributed by atoms with Crippen LogP contribution in [0, 0.1) is 0 Å². The van der Waals surface area contributed by atoms with E-state index in [1.165, 1.54) is 5.56 Å². The van der Waals surface area contributed by atoms with Crippen molar-refractivity contribution in [1.82, 2.24) is 15.6 Å². The van der Waals surface area contributed by atoms with Crippen LogP contribution >= 0.6 is 0 Å². The van der Waals surface area contributed by atoms with Crippen LogP contribution < -0.4 is 10.6 Å². The van der Waals surface area contributed by atoms with Crippen LogP contribution in [0.1, 0.15) is 22.3 Å². The molecule has 1 amide bonds. The van der Waals surface area contributed by atoms with Crippen LogP contribution in [-0.2, 0) is 6.54 Å². The Balaban J connectivity index is 1.57. The molecule has 0 spiro atoms. The van der Waals surface area contributed by atoms with E-state index in [-0.39, 0.29) is 5.91 Å². The maximum Gasteiger partial charge on any atom is 0.252 e. The van der Waals surface area contributed by atoms with E-state index in [1.807, 2.05) is 18.2 Å². The number of benzene rings is 1. The number of carbonyl (C=O) groups is 1. The number of carbonyl (C=O) groups excluding carboxylic acids is 1. The van der Waals surface area contributed by atoms with Gasteiger partial charge in [0.1, 0.15) is 0 Å². The van der Waals surface area contributed by atoms with Crippen molar-refractivity contribution in [3.05, 3.63) is 66.0 Å². The predicted octanol–water partition coefficient (Wildman–Crippen LogP) is 1.99. The number of pyridine rings is 1. The molecule has 0 saturated carbocycles. The maximum absolute atomic E-state index is 11.7. The molecule has 0 unspecified atom stereocenters. The molecule has 2 N–H and O–H groups in total. The zero-order chi connectivity index (χ0) is 14.0. The summed E-state index contributed by atoms with van der Waals surface area (Å²) in [6.45, 7) is 2.40. The Kier molecular flexibility index (Phi) is 5.73. The van der Waals surface area contributed by atoms with Gasteiger partial charge in [0.2, 0.25) is 0 Å². The van der Waals surface area contributed by atoms with Gasteiger partial charge in [-0.15, -0.1) is 0 Å². The molecule has 20 heavy (non-hydrogen) atoms. The van der Waals surface area contributed by atoms with E-state index in [4.69, 9.17) is 0 Å². The summed E-state index contributed by atoms with van der Waals surface area (Å²) in [4.78, 5) is 15.7. The minimum absolute atomic E-state index is 0.0684. The van der Waals surface area contributed by atoms with Gasteiger partial charge in [0.15, 0.2) is 0 Å². The van der Waals surface area contributed by atoms with Crippen LogP contribution in [0.3, 0.4) is 0 Å². The lowest BCUT2D eigenvalue weighted by molar-refractivity contribution is 0.0953. The van der Waals surface area contributed by atoms with Crippen molar-refractivity contribution >= 4 is 5.91 Å². The first-order chi connectivity index (χ1) is 9.86. The molecule has 1 heterocycles. The summed E-state index contributed by atoms with van der Waals surface area (Å²) in [6, 6.07) is 13.8. The third-order valence-electron chi connectivity index (χ3n) is 2.91. The van der Waals surface area contributed by atoms with Crippen molar-refractivity contribution in [3.8, 4) is 0 Å². The summed E-state index contributed by atoms with van der Waals surface area (Å²) in [7, 11) is 0. The van der Waals surface area contributed by atoms with Gasteiger partial charge in [-0.3, -0.25) is 9.78 Å². The zero-order valence-electron chi connectivity index (χ0n) is 11.4. The SMILES string of the molecule is O=C(NCCCNCc1ccccc1)c1cccnc1. The van der Waals surface area contributed by atoms with Crippen molar-refractivity contribution in [1.29, 1.82) is 0 Å². The van der Waals surface area contributed by atoms with E-state index in [2.05, 4.69) is 27.8 Å². The van der Waals surface area contributed by atoms with Crippen molar-refractivity contribution in [3.63, 3.8) is 0 Å². The second-order valence-electron chi connectivity index (χ2n) is 4.51. The van der Waals surface area contributed by atoms with Gasteiger partial charge in [0, 0.05) is 25.5 Å². The number of hydrogen-bond acceptors (Lipinski definition) is 3. The third-order valence-corrected chi connectivity index (χ3v) is 2.91. The first-order valence-corrected chi connectivity index (χ1v) is 6.79. The molecule has 1 aromatic heterocycles. The summed E-state index contributed by atoms with van der Waals surface area (Å²) >= 11 is 0. The number of hydrogen-bond donors (Lipinski definition) is 2. The number of nitrogens with zero attached hydrogens (tertiary/aromatic N) is 1. The van der Waals surface area contributed by atoms with Crippen LogP contribution in [0.5, 0.6) is 0 Å². The van der Waals surface area contributed by atoms with E-state index < -0.39 is 0 Å². The molecule has 4 heteroatoms. The van der Waals surface area contributed by atoms with Crippen molar-refractivity contribution in [2.45, 2.75) is 13.0 Å².